The Kier molecular flexibility index (Phi) is 5.93. The van der Waals surface area contributed by atoms with E-state index in [2.05, 4.69) is 15.3 Å². The van der Waals surface area contributed by atoms with Crippen LogP contribution in [0.25, 0.3) is 22.5 Å². The molecule has 1 fully saturated rings. The number of halogens is 2. The zero-order valence-electron chi connectivity index (χ0n) is 18.5. The third kappa shape index (κ3) is 4.22. The molecule has 4 aromatic rings. The lowest BCUT2D eigenvalue weighted by atomic mass is 10.0. The fourth-order valence-electron chi connectivity index (χ4n) is 4.38. The summed E-state index contributed by atoms with van der Waals surface area (Å²) in [6.45, 7) is 1.67. The molecule has 1 saturated heterocycles. The quantitative estimate of drug-likeness (QED) is 0.478. The van der Waals surface area contributed by atoms with Gasteiger partial charge in [0.1, 0.15) is 17.4 Å². The molecule has 0 radical (unpaired) electrons. The van der Waals surface area contributed by atoms with E-state index < -0.39 is 5.82 Å². The van der Waals surface area contributed by atoms with Crippen LogP contribution >= 0.6 is 0 Å². The number of rotatable bonds is 5. The maximum atomic E-state index is 13.6. The summed E-state index contributed by atoms with van der Waals surface area (Å²) in [6.07, 6.45) is 3.22. The molecule has 0 amide bonds. The summed E-state index contributed by atoms with van der Waals surface area (Å²) in [6, 6.07) is 13.4. The largest absolute Gasteiger partial charge is 0.424 e. The highest BCUT2D eigenvalue weighted by molar-refractivity contribution is 5.79. The standard InChI is InChI=1S/C25H23F2N5O2/c1-31-24(33)22(16-5-7-17(26)8-6-16)23(32(31)19-9-12-28-13-10-19)21-11-14-29-25(30-21)34-20-4-2-3-18(27)15-20/h2-8,11,14-15,19,28H,9-10,12-13H2,1H3. The van der Waals surface area contributed by atoms with Gasteiger partial charge in [0.05, 0.1) is 23.0 Å². The van der Waals surface area contributed by atoms with Gasteiger partial charge < -0.3 is 10.1 Å². The monoisotopic (exact) mass is 463 g/mol. The second-order valence-corrected chi connectivity index (χ2v) is 8.17. The topological polar surface area (TPSA) is 74.0 Å². The van der Waals surface area contributed by atoms with Gasteiger partial charge >= 0.3 is 6.01 Å². The van der Waals surface area contributed by atoms with Gasteiger partial charge in [-0.15, -0.1) is 0 Å². The van der Waals surface area contributed by atoms with Crippen molar-refractivity contribution in [2.75, 3.05) is 13.1 Å². The normalized spacial score (nSPS) is 14.3. The Morgan fingerprint density at radius 2 is 1.79 bits per heavy atom. The van der Waals surface area contributed by atoms with Gasteiger partial charge in [0.2, 0.25) is 0 Å². The maximum Gasteiger partial charge on any atom is 0.322 e. The first-order valence-electron chi connectivity index (χ1n) is 11.1. The van der Waals surface area contributed by atoms with Crippen molar-refractivity contribution in [3.05, 3.63) is 82.8 Å². The minimum Gasteiger partial charge on any atom is -0.424 e. The van der Waals surface area contributed by atoms with Crippen LogP contribution in [0.5, 0.6) is 11.8 Å². The summed E-state index contributed by atoms with van der Waals surface area (Å²) in [5, 5.41) is 3.34. The molecule has 0 atom stereocenters. The van der Waals surface area contributed by atoms with E-state index in [1.165, 1.54) is 36.5 Å². The summed E-state index contributed by atoms with van der Waals surface area (Å²) < 4.78 is 36.5. The lowest BCUT2D eigenvalue weighted by Crippen LogP contribution is -2.33. The van der Waals surface area contributed by atoms with Crippen LogP contribution in [0.2, 0.25) is 0 Å². The highest BCUT2D eigenvalue weighted by Gasteiger charge is 2.28. The van der Waals surface area contributed by atoms with Gasteiger partial charge in [-0.3, -0.25) is 14.2 Å². The highest BCUT2D eigenvalue weighted by Crippen LogP contribution is 2.34. The van der Waals surface area contributed by atoms with Crippen molar-refractivity contribution in [3.63, 3.8) is 0 Å². The Hall–Kier alpha value is -3.85. The number of hydrogen-bond donors (Lipinski definition) is 1. The summed E-state index contributed by atoms with van der Waals surface area (Å²) in [7, 11) is 1.73. The van der Waals surface area contributed by atoms with E-state index in [1.807, 2.05) is 4.68 Å². The van der Waals surface area contributed by atoms with Gasteiger partial charge in [-0.2, -0.15) is 4.98 Å². The molecule has 5 rings (SSSR count). The molecular formula is C25H23F2N5O2. The van der Waals surface area contributed by atoms with Crippen LogP contribution in [-0.4, -0.2) is 32.4 Å². The van der Waals surface area contributed by atoms with Crippen molar-refractivity contribution in [1.82, 2.24) is 24.6 Å². The molecule has 0 saturated carbocycles. The Bertz CT molecular complexity index is 1380. The van der Waals surface area contributed by atoms with Crippen molar-refractivity contribution < 1.29 is 13.5 Å². The molecule has 9 heteroatoms. The van der Waals surface area contributed by atoms with E-state index in [-0.39, 0.29) is 29.2 Å². The van der Waals surface area contributed by atoms with Crippen LogP contribution in [0.4, 0.5) is 8.78 Å². The summed E-state index contributed by atoms with van der Waals surface area (Å²) in [5.41, 5.74) is 1.91. The van der Waals surface area contributed by atoms with Gasteiger partial charge in [-0.25, -0.2) is 13.8 Å². The van der Waals surface area contributed by atoms with Crippen LogP contribution < -0.4 is 15.6 Å². The van der Waals surface area contributed by atoms with E-state index in [0.29, 0.717) is 22.5 Å². The molecule has 174 valence electrons. The van der Waals surface area contributed by atoms with E-state index in [0.717, 1.165) is 25.9 Å². The van der Waals surface area contributed by atoms with E-state index >= 15 is 0 Å². The fraction of sp³-hybridized carbons (Fsp3) is 0.240. The number of nitrogens with zero attached hydrogens (tertiary/aromatic N) is 4. The van der Waals surface area contributed by atoms with Crippen LogP contribution in [0.15, 0.2) is 65.6 Å². The molecular weight excluding hydrogens is 440 g/mol. The first kappa shape index (κ1) is 22.0. The number of nitrogens with one attached hydrogen (secondary N) is 1. The third-order valence-electron chi connectivity index (χ3n) is 5.97. The SMILES string of the molecule is Cn1c(=O)c(-c2ccc(F)cc2)c(-c2ccnc(Oc3cccc(F)c3)n2)n1C1CCNCC1. The molecule has 2 aromatic carbocycles. The lowest BCUT2D eigenvalue weighted by molar-refractivity contribution is 0.313. The molecule has 34 heavy (non-hydrogen) atoms. The highest BCUT2D eigenvalue weighted by atomic mass is 19.1. The Morgan fingerprint density at radius 3 is 2.53 bits per heavy atom. The van der Waals surface area contributed by atoms with Crippen LogP contribution in [0.1, 0.15) is 18.9 Å². The first-order valence-corrected chi connectivity index (χ1v) is 11.1. The van der Waals surface area contributed by atoms with Crippen LogP contribution in [0.3, 0.4) is 0 Å². The predicted octanol–water partition coefficient (Wildman–Crippen LogP) is 4.31. The number of benzene rings is 2. The Balaban J connectivity index is 1.67. The summed E-state index contributed by atoms with van der Waals surface area (Å²) in [5.74, 6) is -0.553. The van der Waals surface area contributed by atoms with Crippen molar-refractivity contribution >= 4 is 0 Å². The van der Waals surface area contributed by atoms with Gasteiger partial charge in [0, 0.05) is 19.3 Å². The third-order valence-corrected chi connectivity index (χ3v) is 5.97. The molecule has 0 aliphatic carbocycles. The predicted molar refractivity (Wildman–Crippen MR) is 124 cm³/mol. The molecule has 1 N–H and O–H groups in total. The average Bonchev–Trinajstić information content (AvgIpc) is 3.11. The minimum atomic E-state index is -0.435. The van der Waals surface area contributed by atoms with Crippen molar-refractivity contribution in [3.8, 4) is 34.3 Å². The van der Waals surface area contributed by atoms with Crippen molar-refractivity contribution in [1.29, 1.82) is 0 Å². The second kappa shape index (κ2) is 9.18. The fourth-order valence-corrected chi connectivity index (χ4v) is 4.38. The molecule has 3 heterocycles. The zero-order chi connectivity index (χ0) is 23.7. The smallest absolute Gasteiger partial charge is 0.322 e. The number of hydrogen-bond acceptors (Lipinski definition) is 5. The van der Waals surface area contributed by atoms with Crippen molar-refractivity contribution in [2.45, 2.75) is 18.9 Å². The molecule has 0 unspecified atom stereocenters. The number of ether oxygens (including phenoxy) is 1. The van der Waals surface area contributed by atoms with E-state index in [4.69, 9.17) is 4.74 Å². The Labute approximate surface area is 194 Å². The average molecular weight is 463 g/mol. The molecule has 0 bridgehead atoms. The lowest BCUT2D eigenvalue weighted by Gasteiger charge is -2.27. The second-order valence-electron chi connectivity index (χ2n) is 8.17. The number of piperidine rings is 1. The summed E-state index contributed by atoms with van der Waals surface area (Å²) >= 11 is 0. The van der Waals surface area contributed by atoms with E-state index in [9.17, 15) is 13.6 Å². The van der Waals surface area contributed by atoms with Crippen molar-refractivity contribution in [2.24, 2.45) is 7.05 Å². The molecule has 1 aliphatic heterocycles. The minimum absolute atomic E-state index is 0.0290. The number of aromatic nitrogens is 4. The van der Waals surface area contributed by atoms with Gasteiger partial charge in [0.25, 0.3) is 5.56 Å². The first-order chi connectivity index (χ1) is 16.5. The van der Waals surface area contributed by atoms with Gasteiger partial charge in [0.15, 0.2) is 0 Å². The molecule has 7 nitrogen and oxygen atoms in total. The Morgan fingerprint density at radius 1 is 1.03 bits per heavy atom. The zero-order valence-corrected chi connectivity index (χ0v) is 18.5. The molecule has 2 aromatic heterocycles. The maximum absolute atomic E-state index is 13.6. The van der Waals surface area contributed by atoms with Crippen LogP contribution in [0, 0.1) is 11.6 Å². The van der Waals surface area contributed by atoms with Crippen LogP contribution in [-0.2, 0) is 7.05 Å². The van der Waals surface area contributed by atoms with E-state index in [1.54, 1.807) is 36.0 Å². The van der Waals surface area contributed by atoms with Gasteiger partial charge in [-0.05, 0) is 61.8 Å². The van der Waals surface area contributed by atoms with Gasteiger partial charge in [-0.1, -0.05) is 18.2 Å². The summed E-state index contributed by atoms with van der Waals surface area (Å²) in [4.78, 5) is 22.2. The molecule has 1 aliphatic rings. The molecule has 0 spiro atoms.